The Bertz CT molecular complexity index is 620. The number of rotatable bonds is 3. The summed E-state index contributed by atoms with van der Waals surface area (Å²) in [5.74, 6) is -0.273. The predicted molar refractivity (Wildman–Crippen MR) is 73.8 cm³/mol. The molecule has 100 valence electrons. The number of carbonyl (C=O) groups excluding carboxylic acids is 1. The van der Waals surface area contributed by atoms with E-state index in [0.29, 0.717) is 5.02 Å². The zero-order valence-corrected chi connectivity index (χ0v) is 11.9. The van der Waals surface area contributed by atoms with Gasteiger partial charge >= 0.3 is 5.97 Å². The van der Waals surface area contributed by atoms with Gasteiger partial charge in [-0.1, -0.05) is 23.7 Å². The van der Waals surface area contributed by atoms with Crippen molar-refractivity contribution in [3.63, 3.8) is 0 Å². The molecule has 0 N–H and O–H groups in total. The van der Waals surface area contributed by atoms with Crippen LogP contribution in [0.25, 0.3) is 5.69 Å². The Morgan fingerprint density at radius 2 is 2.05 bits per heavy atom. The molecule has 1 heterocycles. The minimum atomic E-state index is -0.273. The molecule has 0 aliphatic heterocycles. The van der Waals surface area contributed by atoms with Gasteiger partial charge in [-0.15, -0.1) is 0 Å². The quantitative estimate of drug-likeness (QED) is 0.811. The number of nitrogens with zero attached hydrogens (tertiary/aromatic N) is 2. The van der Waals surface area contributed by atoms with E-state index in [4.69, 9.17) is 16.3 Å². The van der Waals surface area contributed by atoms with Gasteiger partial charge in [-0.3, -0.25) is 4.79 Å². The molecule has 19 heavy (non-hydrogen) atoms. The molecule has 0 aliphatic rings. The summed E-state index contributed by atoms with van der Waals surface area (Å²) in [4.78, 5) is 11.4. The molecule has 2 aromatic rings. The summed E-state index contributed by atoms with van der Waals surface area (Å²) in [7, 11) is 1.38. The normalized spacial score (nSPS) is 10.5. The lowest BCUT2D eigenvalue weighted by Gasteiger charge is -2.07. The number of carbonyl (C=O) groups is 1. The summed E-state index contributed by atoms with van der Waals surface area (Å²) >= 11 is 6.17. The molecule has 0 atom stereocenters. The summed E-state index contributed by atoms with van der Waals surface area (Å²) in [6.45, 7) is 3.79. The van der Waals surface area contributed by atoms with E-state index < -0.39 is 0 Å². The lowest BCUT2D eigenvalue weighted by molar-refractivity contribution is -0.139. The first-order valence-corrected chi connectivity index (χ1v) is 6.29. The van der Waals surface area contributed by atoms with Gasteiger partial charge in [-0.25, -0.2) is 4.68 Å². The van der Waals surface area contributed by atoms with E-state index in [9.17, 15) is 4.79 Å². The van der Waals surface area contributed by atoms with Crippen molar-refractivity contribution in [2.24, 2.45) is 0 Å². The van der Waals surface area contributed by atoms with Gasteiger partial charge in [0.1, 0.15) is 0 Å². The molecule has 0 aliphatic carbocycles. The first kappa shape index (κ1) is 13.6. The van der Waals surface area contributed by atoms with Gasteiger partial charge in [-0.2, -0.15) is 5.10 Å². The summed E-state index contributed by atoms with van der Waals surface area (Å²) in [5.41, 5.74) is 3.39. The van der Waals surface area contributed by atoms with Crippen LogP contribution in [-0.2, 0) is 16.0 Å². The van der Waals surface area contributed by atoms with Gasteiger partial charge in [-0.05, 0) is 26.0 Å². The van der Waals surface area contributed by atoms with Crippen LogP contribution in [0.5, 0.6) is 0 Å². The van der Waals surface area contributed by atoms with Crippen molar-refractivity contribution in [1.82, 2.24) is 9.78 Å². The number of aryl methyl sites for hydroxylation is 1. The van der Waals surface area contributed by atoms with Crippen LogP contribution in [0.4, 0.5) is 0 Å². The van der Waals surface area contributed by atoms with Crippen LogP contribution in [0.15, 0.2) is 24.3 Å². The maximum atomic E-state index is 11.4. The molecule has 4 nitrogen and oxygen atoms in total. The van der Waals surface area contributed by atoms with Crippen LogP contribution in [-0.4, -0.2) is 22.9 Å². The van der Waals surface area contributed by atoms with Crippen molar-refractivity contribution in [3.8, 4) is 5.69 Å². The topological polar surface area (TPSA) is 44.1 Å². The second-order valence-electron chi connectivity index (χ2n) is 4.27. The van der Waals surface area contributed by atoms with Crippen molar-refractivity contribution in [1.29, 1.82) is 0 Å². The molecule has 0 radical (unpaired) electrons. The highest BCUT2D eigenvalue weighted by Gasteiger charge is 2.17. The van der Waals surface area contributed by atoms with E-state index in [1.165, 1.54) is 7.11 Å². The van der Waals surface area contributed by atoms with Crippen molar-refractivity contribution in [3.05, 3.63) is 46.2 Å². The van der Waals surface area contributed by atoms with Crippen LogP contribution in [0.1, 0.15) is 17.0 Å². The molecule has 0 bridgehead atoms. The number of hydrogen-bond donors (Lipinski definition) is 0. The second-order valence-corrected chi connectivity index (χ2v) is 4.67. The van der Waals surface area contributed by atoms with Gasteiger partial charge < -0.3 is 4.74 Å². The molecule has 0 saturated heterocycles. The molecule has 2 rings (SSSR count). The van der Waals surface area contributed by atoms with Gasteiger partial charge in [0.05, 0.1) is 29.9 Å². The van der Waals surface area contributed by atoms with E-state index in [0.717, 1.165) is 22.6 Å². The summed E-state index contributed by atoms with van der Waals surface area (Å²) in [5, 5.41) is 5.08. The first-order chi connectivity index (χ1) is 9.04. The highest BCUT2D eigenvalue weighted by molar-refractivity contribution is 6.32. The summed E-state index contributed by atoms with van der Waals surface area (Å²) in [6.07, 6.45) is 0.221. The van der Waals surface area contributed by atoms with Gasteiger partial charge in [0.2, 0.25) is 0 Å². The Morgan fingerprint density at radius 1 is 1.37 bits per heavy atom. The van der Waals surface area contributed by atoms with Crippen molar-refractivity contribution in [2.45, 2.75) is 20.3 Å². The fourth-order valence-corrected chi connectivity index (χ4v) is 2.22. The average Bonchev–Trinajstić information content (AvgIpc) is 2.67. The zero-order chi connectivity index (χ0) is 14.0. The standard InChI is InChI=1S/C14H15ClN2O2/c1-9-11(8-14(18)19-3)10(2)17(16-9)13-7-5-4-6-12(13)15/h4-7H,8H2,1-3H3. The zero-order valence-electron chi connectivity index (χ0n) is 11.1. The molecular formula is C14H15ClN2O2. The van der Waals surface area contributed by atoms with E-state index >= 15 is 0 Å². The minimum Gasteiger partial charge on any atom is -0.469 e. The maximum absolute atomic E-state index is 11.4. The lowest BCUT2D eigenvalue weighted by atomic mass is 10.1. The minimum absolute atomic E-state index is 0.221. The lowest BCUT2D eigenvalue weighted by Crippen LogP contribution is -2.06. The molecular weight excluding hydrogens is 264 g/mol. The molecule has 1 aromatic carbocycles. The number of methoxy groups -OCH3 is 1. The Balaban J connectivity index is 2.47. The maximum Gasteiger partial charge on any atom is 0.310 e. The number of ether oxygens (including phenoxy) is 1. The fourth-order valence-electron chi connectivity index (χ4n) is 2.01. The predicted octanol–water partition coefficient (Wildman–Crippen LogP) is 2.86. The monoisotopic (exact) mass is 278 g/mol. The van der Waals surface area contributed by atoms with Gasteiger partial charge in [0.15, 0.2) is 0 Å². The highest BCUT2D eigenvalue weighted by atomic mass is 35.5. The Hall–Kier alpha value is -1.81. The van der Waals surface area contributed by atoms with E-state index in [1.807, 2.05) is 38.1 Å². The van der Waals surface area contributed by atoms with E-state index in [-0.39, 0.29) is 12.4 Å². The Labute approximate surface area is 116 Å². The van der Waals surface area contributed by atoms with Crippen LogP contribution < -0.4 is 0 Å². The molecule has 0 saturated carbocycles. The third kappa shape index (κ3) is 2.63. The summed E-state index contributed by atoms with van der Waals surface area (Å²) in [6, 6.07) is 7.47. The van der Waals surface area contributed by atoms with Gasteiger partial charge in [0.25, 0.3) is 0 Å². The Kier molecular flexibility index (Phi) is 3.90. The number of hydrogen-bond acceptors (Lipinski definition) is 3. The molecule has 0 spiro atoms. The third-order valence-corrected chi connectivity index (χ3v) is 3.39. The average molecular weight is 279 g/mol. The molecule has 0 fully saturated rings. The van der Waals surface area contributed by atoms with Crippen LogP contribution in [0, 0.1) is 13.8 Å². The number of halogens is 1. The second kappa shape index (κ2) is 5.45. The van der Waals surface area contributed by atoms with Crippen LogP contribution >= 0.6 is 11.6 Å². The third-order valence-electron chi connectivity index (χ3n) is 3.07. The van der Waals surface area contributed by atoms with Crippen molar-refractivity contribution >= 4 is 17.6 Å². The number of esters is 1. The van der Waals surface area contributed by atoms with Crippen LogP contribution in [0.2, 0.25) is 5.02 Å². The number of aromatic nitrogens is 2. The number of para-hydroxylation sites is 1. The van der Waals surface area contributed by atoms with Crippen LogP contribution in [0.3, 0.4) is 0 Å². The van der Waals surface area contributed by atoms with Gasteiger partial charge in [0, 0.05) is 11.3 Å². The van der Waals surface area contributed by atoms with E-state index in [1.54, 1.807) is 4.68 Å². The SMILES string of the molecule is COC(=O)Cc1c(C)nn(-c2ccccc2Cl)c1C. The fraction of sp³-hybridized carbons (Fsp3) is 0.286. The number of benzene rings is 1. The smallest absolute Gasteiger partial charge is 0.310 e. The van der Waals surface area contributed by atoms with Crippen molar-refractivity contribution in [2.75, 3.05) is 7.11 Å². The highest BCUT2D eigenvalue weighted by Crippen LogP contribution is 2.24. The first-order valence-electron chi connectivity index (χ1n) is 5.91. The molecule has 5 heteroatoms. The molecule has 0 amide bonds. The Morgan fingerprint density at radius 3 is 2.68 bits per heavy atom. The molecule has 1 aromatic heterocycles. The summed E-state index contributed by atoms with van der Waals surface area (Å²) < 4.78 is 6.46. The van der Waals surface area contributed by atoms with E-state index in [2.05, 4.69) is 5.10 Å². The van der Waals surface area contributed by atoms with Crippen molar-refractivity contribution < 1.29 is 9.53 Å². The largest absolute Gasteiger partial charge is 0.469 e. The molecule has 0 unspecified atom stereocenters.